The van der Waals surface area contributed by atoms with Gasteiger partial charge in [-0.05, 0) is 12.1 Å². The molecule has 0 radical (unpaired) electrons. The second-order valence-corrected chi connectivity index (χ2v) is 3.81. The Morgan fingerprint density at radius 1 is 1.56 bits per heavy atom. The van der Waals surface area contributed by atoms with E-state index in [-0.39, 0.29) is 5.96 Å². The lowest BCUT2D eigenvalue weighted by molar-refractivity contribution is -0.134. The molecule has 0 aliphatic heterocycles. The Kier molecular flexibility index (Phi) is 7.50. The molecule has 5 N–H and O–H groups in total. The molecule has 0 unspecified atom stereocenters. The predicted octanol–water partition coefficient (Wildman–Crippen LogP) is 1.90. The van der Waals surface area contributed by atoms with Crippen LogP contribution in [0.25, 0.3) is 0 Å². The number of nitrogens with one attached hydrogen (secondary N) is 2. The molecule has 1 aromatic rings. The molecule has 0 saturated heterocycles. The van der Waals surface area contributed by atoms with Gasteiger partial charge < -0.3 is 10.8 Å². The Morgan fingerprint density at radius 3 is 2.56 bits per heavy atom. The van der Waals surface area contributed by atoms with Crippen molar-refractivity contribution in [3.8, 4) is 0 Å². The average molecular weight is 291 g/mol. The second-order valence-electron chi connectivity index (χ2n) is 2.97. The molecule has 1 aromatic carbocycles. The van der Waals surface area contributed by atoms with E-state index < -0.39 is 5.97 Å². The van der Waals surface area contributed by atoms with E-state index in [4.69, 9.17) is 44.2 Å². The predicted molar refractivity (Wildman–Crippen MR) is 72.4 cm³/mol. The minimum Gasteiger partial charge on any atom is -0.481 e. The van der Waals surface area contributed by atoms with Gasteiger partial charge in [-0.15, -0.1) is 0 Å². The van der Waals surface area contributed by atoms with E-state index in [9.17, 15) is 0 Å². The third kappa shape index (κ3) is 8.37. The number of halogens is 2. The molecule has 98 valence electrons. The smallest absolute Gasteiger partial charge is 0.300 e. The van der Waals surface area contributed by atoms with E-state index in [1.54, 1.807) is 18.2 Å². The van der Waals surface area contributed by atoms with Gasteiger partial charge in [0.15, 0.2) is 0 Å². The number of hydrogen-bond donors (Lipinski definition) is 4. The van der Waals surface area contributed by atoms with Gasteiger partial charge in [-0.2, -0.15) is 5.10 Å². The Morgan fingerprint density at radius 2 is 2.11 bits per heavy atom. The van der Waals surface area contributed by atoms with Crippen molar-refractivity contribution >= 4 is 41.3 Å². The number of nitrogens with zero attached hydrogens (tertiary/aromatic N) is 1. The van der Waals surface area contributed by atoms with E-state index in [0.29, 0.717) is 15.6 Å². The molecular weight excluding hydrogens is 279 g/mol. The number of carboxylic acid groups (broad SMARTS) is 1. The van der Waals surface area contributed by atoms with Gasteiger partial charge >= 0.3 is 0 Å². The minimum atomic E-state index is -0.833. The van der Waals surface area contributed by atoms with Crippen molar-refractivity contribution in [3.05, 3.63) is 33.8 Å². The van der Waals surface area contributed by atoms with Crippen molar-refractivity contribution in [3.63, 3.8) is 0 Å². The zero-order valence-corrected chi connectivity index (χ0v) is 11.0. The SMILES string of the molecule is CC(=O)O.N=C(N)N/N=C/c1ccc(Cl)cc1Cl. The highest BCUT2D eigenvalue weighted by Crippen LogP contribution is 2.19. The van der Waals surface area contributed by atoms with Gasteiger partial charge in [-0.25, -0.2) is 5.43 Å². The lowest BCUT2D eigenvalue weighted by Gasteiger charge is -1.98. The molecule has 0 atom stereocenters. The summed E-state index contributed by atoms with van der Waals surface area (Å²) >= 11 is 11.6. The maximum Gasteiger partial charge on any atom is 0.300 e. The number of guanidine groups is 1. The highest BCUT2D eigenvalue weighted by molar-refractivity contribution is 6.36. The van der Waals surface area contributed by atoms with E-state index in [1.165, 1.54) is 6.21 Å². The van der Waals surface area contributed by atoms with E-state index in [1.807, 2.05) is 0 Å². The lowest BCUT2D eigenvalue weighted by atomic mass is 10.2. The van der Waals surface area contributed by atoms with Crippen molar-refractivity contribution in [2.45, 2.75) is 6.92 Å². The first-order chi connectivity index (χ1) is 8.32. The van der Waals surface area contributed by atoms with Crippen LogP contribution >= 0.6 is 23.2 Å². The molecule has 0 saturated carbocycles. The largest absolute Gasteiger partial charge is 0.481 e. The van der Waals surface area contributed by atoms with Gasteiger partial charge in [-0.3, -0.25) is 10.2 Å². The summed E-state index contributed by atoms with van der Waals surface area (Å²) in [6.45, 7) is 1.08. The number of hydrazone groups is 1. The molecule has 0 amide bonds. The van der Waals surface area contributed by atoms with Gasteiger partial charge in [0.1, 0.15) is 0 Å². The highest BCUT2D eigenvalue weighted by atomic mass is 35.5. The summed E-state index contributed by atoms with van der Waals surface area (Å²) in [6, 6.07) is 5.02. The number of carbonyl (C=O) groups is 1. The maximum absolute atomic E-state index is 9.00. The summed E-state index contributed by atoms with van der Waals surface area (Å²) < 4.78 is 0. The molecule has 0 heterocycles. The standard InChI is InChI=1S/C8H8Cl2N4.C2H4O2/c9-6-2-1-5(7(10)3-6)4-13-14-8(11)12;1-2(3)4/h1-4H,(H4,11,12,14);1H3,(H,3,4)/b13-4+;. The first-order valence-electron chi connectivity index (χ1n) is 4.60. The zero-order valence-electron chi connectivity index (χ0n) is 9.45. The van der Waals surface area contributed by atoms with Crippen molar-refractivity contribution < 1.29 is 9.90 Å². The van der Waals surface area contributed by atoms with Gasteiger partial charge in [0.2, 0.25) is 5.96 Å². The van der Waals surface area contributed by atoms with E-state index in [2.05, 4.69) is 10.5 Å². The lowest BCUT2D eigenvalue weighted by Crippen LogP contribution is -2.25. The molecule has 0 aromatic heterocycles. The summed E-state index contributed by atoms with van der Waals surface area (Å²) in [5, 5.41) is 19.0. The van der Waals surface area contributed by atoms with Crippen LogP contribution in [-0.4, -0.2) is 23.2 Å². The van der Waals surface area contributed by atoms with Crippen molar-refractivity contribution in [1.82, 2.24) is 5.43 Å². The minimum absolute atomic E-state index is 0.230. The van der Waals surface area contributed by atoms with Crippen LogP contribution in [0.1, 0.15) is 12.5 Å². The molecule has 0 aliphatic rings. The molecule has 0 bridgehead atoms. The van der Waals surface area contributed by atoms with E-state index in [0.717, 1.165) is 6.92 Å². The third-order valence-corrected chi connectivity index (χ3v) is 1.91. The van der Waals surface area contributed by atoms with Crippen LogP contribution in [-0.2, 0) is 4.79 Å². The molecule has 6 nitrogen and oxygen atoms in total. The maximum atomic E-state index is 9.00. The number of rotatable bonds is 2. The van der Waals surface area contributed by atoms with Crippen molar-refractivity contribution in [2.75, 3.05) is 0 Å². The Labute approximate surface area is 114 Å². The highest BCUT2D eigenvalue weighted by Gasteiger charge is 1.97. The van der Waals surface area contributed by atoms with Crippen LogP contribution in [0.2, 0.25) is 10.0 Å². The number of benzene rings is 1. The van der Waals surface area contributed by atoms with Crippen LogP contribution in [0.3, 0.4) is 0 Å². The van der Waals surface area contributed by atoms with Crippen LogP contribution < -0.4 is 11.2 Å². The molecular formula is C10H12Cl2N4O2. The van der Waals surface area contributed by atoms with Crippen LogP contribution in [0.4, 0.5) is 0 Å². The number of hydrogen-bond acceptors (Lipinski definition) is 3. The van der Waals surface area contributed by atoms with E-state index >= 15 is 0 Å². The first kappa shape index (κ1) is 16.2. The normalized spacial score (nSPS) is 9.50. The van der Waals surface area contributed by atoms with Crippen LogP contribution in [0.5, 0.6) is 0 Å². The van der Waals surface area contributed by atoms with Gasteiger partial charge in [0.25, 0.3) is 5.97 Å². The first-order valence-corrected chi connectivity index (χ1v) is 5.36. The molecule has 18 heavy (non-hydrogen) atoms. The monoisotopic (exact) mass is 290 g/mol. The fourth-order valence-electron chi connectivity index (χ4n) is 0.778. The molecule has 0 aliphatic carbocycles. The fourth-order valence-corrected chi connectivity index (χ4v) is 1.23. The molecule has 0 spiro atoms. The topological polar surface area (TPSA) is 112 Å². The number of aliphatic carboxylic acids is 1. The van der Waals surface area contributed by atoms with Gasteiger partial charge in [-0.1, -0.05) is 29.3 Å². The second kappa shape index (κ2) is 8.32. The Balaban J connectivity index is 0.000000631. The van der Waals surface area contributed by atoms with Crippen LogP contribution in [0, 0.1) is 5.41 Å². The zero-order chi connectivity index (χ0) is 14.1. The summed E-state index contributed by atoms with van der Waals surface area (Å²) in [5.41, 5.74) is 8.00. The van der Waals surface area contributed by atoms with Crippen molar-refractivity contribution in [1.29, 1.82) is 5.41 Å². The Hall–Kier alpha value is -1.79. The fraction of sp³-hybridized carbons (Fsp3) is 0.100. The summed E-state index contributed by atoms with van der Waals surface area (Å²) in [5.74, 6) is -1.06. The molecule has 1 rings (SSSR count). The average Bonchev–Trinajstić information content (AvgIpc) is 2.20. The summed E-state index contributed by atoms with van der Waals surface area (Å²) in [6.07, 6.45) is 1.46. The quantitative estimate of drug-likeness (QED) is 0.379. The van der Waals surface area contributed by atoms with Gasteiger partial charge in [0.05, 0.1) is 11.2 Å². The Bertz CT molecular complexity index is 459. The van der Waals surface area contributed by atoms with Gasteiger partial charge in [0, 0.05) is 17.5 Å². The summed E-state index contributed by atoms with van der Waals surface area (Å²) in [4.78, 5) is 9.00. The third-order valence-electron chi connectivity index (χ3n) is 1.35. The summed E-state index contributed by atoms with van der Waals surface area (Å²) in [7, 11) is 0. The van der Waals surface area contributed by atoms with Crippen LogP contribution in [0.15, 0.2) is 23.3 Å². The molecule has 0 fully saturated rings. The number of nitrogens with two attached hydrogens (primary N) is 1. The molecule has 8 heteroatoms. The van der Waals surface area contributed by atoms with Crippen molar-refractivity contribution in [2.24, 2.45) is 10.8 Å². The number of carboxylic acids is 1.